The minimum Gasteiger partial charge on any atom is -0.508 e. The fourth-order valence-electron chi connectivity index (χ4n) is 3.79. The highest BCUT2D eigenvalue weighted by Gasteiger charge is 2.20. The van der Waals surface area contributed by atoms with E-state index < -0.39 is 16.1 Å². The number of hydrogen-bond acceptors (Lipinski definition) is 7. The Kier molecular flexibility index (Phi) is 8.97. The second-order valence-electron chi connectivity index (χ2n) is 8.43. The molecule has 9 heteroatoms. The van der Waals surface area contributed by atoms with E-state index in [4.69, 9.17) is 0 Å². The van der Waals surface area contributed by atoms with Crippen molar-refractivity contribution in [1.82, 2.24) is 5.32 Å². The molecule has 1 atom stereocenters. The number of phenolic OH excluding ortho intramolecular Hbond substituents is 3. The molecule has 0 heterocycles. The molecule has 35 heavy (non-hydrogen) atoms. The van der Waals surface area contributed by atoms with Gasteiger partial charge < -0.3 is 25.7 Å². The molecule has 1 unspecified atom stereocenters. The van der Waals surface area contributed by atoms with Crippen LogP contribution in [0.2, 0.25) is 0 Å². The first-order chi connectivity index (χ1) is 16.7. The number of hydrogen-bond donors (Lipinski definition) is 6. The molecule has 0 aliphatic rings. The fraction of sp³-hybridized carbons (Fsp3) is 0.308. The molecule has 0 aromatic heterocycles. The third-order valence-corrected chi connectivity index (χ3v) is 7.15. The van der Waals surface area contributed by atoms with Crippen molar-refractivity contribution in [2.75, 3.05) is 23.6 Å². The zero-order chi connectivity index (χ0) is 25.4. The molecule has 0 fully saturated rings. The van der Waals surface area contributed by atoms with E-state index in [2.05, 4.69) is 10.0 Å². The second kappa shape index (κ2) is 11.9. The maximum Gasteiger partial charge on any atom is 0.232 e. The lowest BCUT2D eigenvalue weighted by Crippen LogP contribution is -2.29. The van der Waals surface area contributed by atoms with E-state index in [1.165, 1.54) is 12.1 Å². The minimum absolute atomic E-state index is 0.0458. The van der Waals surface area contributed by atoms with Crippen LogP contribution in [0.25, 0.3) is 0 Å². The zero-order valence-electron chi connectivity index (χ0n) is 19.6. The summed E-state index contributed by atoms with van der Waals surface area (Å²) in [5.41, 5.74) is 2.52. The van der Waals surface area contributed by atoms with Crippen LogP contribution in [0.4, 0.5) is 5.69 Å². The molecule has 8 nitrogen and oxygen atoms in total. The Morgan fingerprint density at radius 1 is 0.829 bits per heavy atom. The molecular weight excluding hydrogens is 468 g/mol. The maximum atomic E-state index is 12.3. The molecule has 6 N–H and O–H groups in total. The topological polar surface area (TPSA) is 139 Å². The lowest BCUT2D eigenvalue weighted by Gasteiger charge is -2.24. The Bertz CT molecular complexity index is 1150. The largest absolute Gasteiger partial charge is 0.508 e. The Labute approximate surface area is 206 Å². The molecule has 3 aromatic carbocycles. The van der Waals surface area contributed by atoms with Crippen molar-refractivity contribution in [2.45, 2.75) is 31.7 Å². The van der Waals surface area contributed by atoms with E-state index in [0.717, 1.165) is 17.5 Å². The summed E-state index contributed by atoms with van der Waals surface area (Å²) in [5.74, 6) is -0.101. The first-order valence-electron chi connectivity index (χ1n) is 11.5. The summed E-state index contributed by atoms with van der Waals surface area (Å²) < 4.78 is 27.1. The fourth-order valence-corrected chi connectivity index (χ4v) is 5.06. The van der Waals surface area contributed by atoms with Crippen molar-refractivity contribution >= 4 is 15.7 Å². The number of sulfonamides is 1. The highest BCUT2D eigenvalue weighted by Crippen LogP contribution is 2.30. The second-order valence-corrected chi connectivity index (χ2v) is 10.3. The Balaban J connectivity index is 1.82. The molecule has 0 bridgehead atoms. The predicted molar refractivity (Wildman–Crippen MR) is 136 cm³/mol. The number of aliphatic hydroxyl groups is 1. The van der Waals surface area contributed by atoms with Gasteiger partial charge in [0, 0.05) is 12.5 Å². The van der Waals surface area contributed by atoms with Crippen LogP contribution >= 0.6 is 0 Å². The summed E-state index contributed by atoms with van der Waals surface area (Å²) in [5, 5.41) is 42.9. The van der Waals surface area contributed by atoms with Crippen LogP contribution in [0, 0.1) is 0 Å². The highest BCUT2D eigenvalue weighted by atomic mass is 32.2. The van der Waals surface area contributed by atoms with E-state index in [1.807, 2.05) is 31.2 Å². The Morgan fingerprint density at radius 2 is 1.37 bits per heavy atom. The van der Waals surface area contributed by atoms with Crippen molar-refractivity contribution in [3.05, 3.63) is 83.4 Å². The van der Waals surface area contributed by atoms with Gasteiger partial charge in [0.25, 0.3) is 0 Å². The van der Waals surface area contributed by atoms with Crippen molar-refractivity contribution in [3.63, 3.8) is 0 Å². The van der Waals surface area contributed by atoms with Crippen LogP contribution < -0.4 is 10.0 Å². The molecule has 188 valence electrons. The van der Waals surface area contributed by atoms with E-state index >= 15 is 0 Å². The third-order valence-electron chi connectivity index (χ3n) is 5.80. The number of nitrogens with one attached hydrogen (secondary N) is 2. The highest BCUT2D eigenvalue weighted by molar-refractivity contribution is 7.92. The van der Waals surface area contributed by atoms with Gasteiger partial charge in [-0.1, -0.05) is 43.7 Å². The lowest BCUT2D eigenvalue weighted by atomic mass is 9.90. The zero-order valence-corrected chi connectivity index (χ0v) is 20.4. The average molecular weight is 501 g/mol. The van der Waals surface area contributed by atoms with Gasteiger partial charge in [-0.2, -0.15) is 0 Å². The van der Waals surface area contributed by atoms with Crippen LogP contribution in [0.3, 0.4) is 0 Å². The van der Waals surface area contributed by atoms with Crippen molar-refractivity contribution in [2.24, 2.45) is 0 Å². The molecule has 0 saturated carbocycles. The molecular formula is C26H32N2O6S. The molecule has 3 rings (SSSR count). The van der Waals surface area contributed by atoms with Crippen molar-refractivity contribution in [1.29, 1.82) is 0 Å². The molecule has 0 amide bonds. The number of phenols is 3. The molecule has 0 aliphatic carbocycles. The first-order valence-corrected chi connectivity index (χ1v) is 13.1. The van der Waals surface area contributed by atoms with Crippen LogP contribution in [0.5, 0.6) is 17.2 Å². The van der Waals surface area contributed by atoms with Gasteiger partial charge in [0.1, 0.15) is 17.2 Å². The number of rotatable bonds is 12. The van der Waals surface area contributed by atoms with Crippen LogP contribution in [-0.4, -0.2) is 47.7 Å². The quantitative estimate of drug-likeness (QED) is 0.208. The molecule has 3 aromatic rings. The van der Waals surface area contributed by atoms with Gasteiger partial charge in [0.2, 0.25) is 10.0 Å². The van der Waals surface area contributed by atoms with Crippen molar-refractivity contribution < 1.29 is 28.8 Å². The minimum atomic E-state index is -3.61. The van der Waals surface area contributed by atoms with Crippen LogP contribution in [0.1, 0.15) is 48.4 Å². The maximum absolute atomic E-state index is 12.3. The normalized spacial score (nSPS) is 12.5. The molecule has 0 aliphatic heterocycles. The average Bonchev–Trinajstić information content (AvgIpc) is 2.84. The summed E-state index contributed by atoms with van der Waals surface area (Å²) in [7, 11) is -3.61. The number of unbranched alkanes of at least 4 members (excludes halogenated alkanes) is 1. The van der Waals surface area contributed by atoms with Gasteiger partial charge in [-0.05, 0) is 59.5 Å². The summed E-state index contributed by atoms with van der Waals surface area (Å²) in [6.07, 6.45) is 1.24. The monoisotopic (exact) mass is 500 g/mol. The smallest absolute Gasteiger partial charge is 0.232 e. The van der Waals surface area contributed by atoms with E-state index in [0.29, 0.717) is 18.5 Å². The van der Waals surface area contributed by atoms with Gasteiger partial charge in [-0.15, -0.1) is 0 Å². The number of benzene rings is 3. The van der Waals surface area contributed by atoms with Gasteiger partial charge >= 0.3 is 0 Å². The van der Waals surface area contributed by atoms with Gasteiger partial charge in [-0.25, -0.2) is 8.42 Å². The predicted octanol–water partition coefficient (Wildman–Crippen LogP) is 3.80. The summed E-state index contributed by atoms with van der Waals surface area (Å²) in [6.45, 7) is 2.04. The first kappa shape index (κ1) is 26.3. The summed E-state index contributed by atoms with van der Waals surface area (Å²) in [6, 6.07) is 17.7. The van der Waals surface area contributed by atoms with Gasteiger partial charge in [-0.3, -0.25) is 4.72 Å². The van der Waals surface area contributed by atoms with E-state index in [-0.39, 0.29) is 41.2 Å². The molecule has 0 radical (unpaired) electrons. The van der Waals surface area contributed by atoms with Crippen molar-refractivity contribution in [3.8, 4) is 17.2 Å². The number of aliphatic hydroxyl groups excluding tert-OH is 1. The number of aromatic hydroxyl groups is 3. The van der Waals surface area contributed by atoms with Gasteiger partial charge in [0.05, 0.1) is 24.1 Å². The van der Waals surface area contributed by atoms with Gasteiger partial charge in [0.15, 0.2) is 0 Å². The molecule has 0 spiro atoms. The van der Waals surface area contributed by atoms with Crippen LogP contribution in [-0.2, 0) is 10.0 Å². The molecule has 0 saturated heterocycles. The standard InChI is InChI=1S/C26H32N2O6S/c1-2-3-14-35(33,34)28-24-15-20(8-13-26(24)32)25(17-29)27-16-23(18-4-9-21(30)10-5-18)19-6-11-22(31)12-7-19/h4-13,15,23,25,27-32H,2-3,14,16-17H2,1H3. The third kappa shape index (κ3) is 7.35. The Morgan fingerprint density at radius 3 is 1.89 bits per heavy atom. The summed E-state index contributed by atoms with van der Waals surface area (Å²) >= 11 is 0. The van der Waals surface area contributed by atoms with E-state index in [9.17, 15) is 28.8 Å². The lowest BCUT2D eigenvalue weighted by molar-refractivity contribution is 0.243. The summed E-state index contributed by atoms with van der Waals surface area (Å²) in [4.78, 5) is 0. The van der Waals surface area contributed by atoms with Crippen LogP contribution in [0.15, 0.2) is 66.7 Å². The Hall–Kier alpha value is -3.27. The number of anilines is 1. The van der Waals surface area contributed by atoms with E-state index in [1.54, 1.807) is 30.3 Å². The SMILES string of the molecule is CCCCS(=O)(=O)Nc1cc(C(CO)NCC(c2ccc(O)cc2)c2ccc(O)cc2)ccc1O.